The number of benzene rings is 2. The first-order valence-corrected chi connectivity index (χ1v) is 9.40. The number of aromatic nitrogens is 3. The summed E-state index contributed by atoms with van der Waals surface area (Å²) in [5.74, 6) is 0.659. The van der Waals surface area contributed by atoms with Crippen molar-refractivity contribution in [1.82, 2.24) is 14.8 Å². The van der Waals surface area contributed by atoms with E-state index in [0.29, 0.717) is 18.0 Å². The molecule has 0 saturated carbocycles. The van der Waals surface area contributed by atoms with E-state index in [9.17, 15) is 4.79 Å². The maximum atomic E-state index is 13.4. The highest BCUT2D eigenvalue weighted by Gasteiger charge is 2.26. The number of ether oxygens (including phenoxy) is 2. The number of carbonyl (C=O) groups is 1. The van der Waals surface area contributed by atoms with Gasteiger partial charge in [-0.25, -0.2) is 0 Å². The minimum Gasteiger partial charge on any atom is -0.497 e. The summed E-state index contributed by atoms with van der Waals surface area (Å²) in [6.07, 6.45) is 0.556. The Labute approximate surface area is 165 Å². The summed E-state index contributed by atoms with van der Waals surface area (Å²) in [6.45, 7) is 5.78. The first-order valence-electron chi connectivity index (χ1n) is 9.40. The van der Waals surface area contributed by atoms with Gasteiger partial charge in [-0.15, -0.1) is 5.10 Å². The number of nitrogens with zero attached hydrogens (tertiary/aromatic N) is 3. The zero-order valence-electron chi connectivity index (χ0n) is 16.6. The van der Waals surface area contributed by atoms with Crippen LogP contribution in [0.3, 0.4) is 0 Å². The molecule has 6 nitrogen and oxygen atoms in total. The van der Waals surface area contributed by atoms with Crippen molar-refractivity contribution < 1.29 is 14.3 Å². The van der Waals surface area contributed by atoms with Crippen molar-refractivity contribution in [2.75, 3.05) is 7.11 Å². The molecule has 1 aromatic heterocycles. The van der Waals surface area contributed by atoms with Gasteiger partial charge in [-0.2, -0.15) is 9.67 Å². The molecule has 0 bridgehead atoms. The van der Waals surface area contributed by atoms with E-state index in [1.165, 1.54) is 4.68 Å². The normalized spacial score (nSPS) is 12.0. The van der Waals surface area contributed by atoms with Crippen molar-refractivity contribution in [1.29, 1.82) is 0 Å². The highest BCUT2D eigenvalue weighted by Crippen LogP contribution is 2.28. The standard InChI is InChI=1S/C22H25N3O3/c1-5-19(16-10-7-6-8-11-16)21(26)25-20(23-22(24-25)28-15(2)3)17-12-9-13-18(14-17)27-4/h6-15,19H,5H2,1-4H3. The first-order chi connectivity index (χ1) is 13.5. The summed E-state index contributed by atoms with van der Waals surface area (Å²) in [5, 5.41) is 4.37. The van der Waals surface area contributed by atoms with Crippen molar-refractivity contribution in [3.05, 3.63) is 60.2 Å². The second kappa shape index (κ2) is 8.69. The molecule has 0 saturated heterocycles. The monoisotopic (exact) mass is 379 g/mol. The van der Waals surface area contributed by atoms with Gasteiger partial charge in [0.25, 0.3) is 5.91 Å². The maximum absolute atomic E-state index is 13.4. The van der Waals surface area contributed by atoms with Crippen molar-refractivity contribution in [3.63, 3.8) is 0 Å². The number of rotatable bonds is 7. The molecule has 2 aromatic carbocycles. The molecule has 6 heteroatoms. The van der Waals surface area contributed by atoms with Gasteiger partial charge in [-0.05, 0) is 38.0 Å². The van der Waals surface area contributed by atoms with Crippen LogP contribution in [-0.2, 0) is 0 Å². The fourth-order valence-corrected chi connectivity index (χ4v) is 3.04. The van der Waals surface area contributed by atoms with Crippen LogP contribution < -0.4 is 9.47 Å². The van der Waals surface area contributed by atoms with Gasteiger partial charge < -0.3 is 9.47 Å². The topological polar surface area (TPSA) is 66.2 Å². The molecule has 1 heterocycles. The van der Waals surface area contributed by atoms with Crippen LogP contribution in [0.25, 0.3) is 11.4 Å². The summed E-state index contributed by atoms with van der Waals surface area (Å²) in [5.41, 5.74) is 1.69. The lowest BCUT2D eigenvalue weighted by atomic mass is 9.95. The Morgan fingerprint density at radius 1 is 1.11 bits per heavy atom. The van der Waals surface area contributed by atoms with Gasteiger partial charge in [0.2, 0.25) is 0 Å². The lowest BCUT2D eigenvalue weighted by Gasteiger charge is -2.15. The summed E-state index contributed by atoms with van der Waals surface area (Å²) in [7, 11) is 1.60. The Kier molecular flexibility index (Phi) is 6.09. The third-order valence-electron chi connectivity index (χ3n) is 4.37. The predicted molar refractivity (Wildman–Crippen MR) is 108 cm³/mol. The molecule has 0 amide bonds. The Bertz CT molecular complexity index is 935. The third kappa shape index (κ3) is 4.22. The van der Waals surface area contributed by atoms with Crippen LogP contribution in [0.15, 0.2) is 54.6 Å². The van der Waals surface area contributed by atoms with Gasteiger partial charge in [0.05, 0.1) is 19.1 Å². The van der Waals surface area contributed by atoms with Crippen LogP contribution in [0.5, 0.6) is 11.8 Å². The van der Waals surface area contributed by atoms with Crippen LogP contribution in [0.1, 0.15) is 43.5 Å². The summed E-state index contributed by atoms with van der Waals surface area (Å²) in [6, 6.07) is 17.3. The molecule has 0 aliphatic heterocycles. The van der Waals surface area contributed by atoms with E-state index < -0.39 is 0 Å². The fraction of sp³-hybridized carbons (Fsp3) is 0.318. The average Bonchev–Trinajstić information content (AvgIpc) is 3.12. The van der Waals surface area contributed by atoms with Crippen molar-refractivity contribution >= 4 is 5.91 Å². The van der Waals surface area contributed by atoms with E-state index in [2.05, 4.69) is 10.1 Å². The highest BCUT2D eigenvalue weighted by molar-refractivity contribution is 5.88. The fourth-order valence-electron chi connectivity index (χ4n) is 3.04. The number of hydrogen-bond donors (Lipinski definition) is 0. The molecule has 1 unspecified atom stereocenters. The molecule has 146 valence electrons. The lowest BCUT2D eigenvalue weighted by molar-refractivity contribution is 0.0857. The molecule has 0 aliphatic carbocycles. The molecule has 3 rings (SSSR count). The molecule has 0 radical (unpaired) electrons. The molecular weight excluding hydrogens is 354 g/mol. The van der Waals surface area contributed by atoms with Crippen LogP contribution in [-0.4, -0.2) is 33.9 Å². The van der Waals surface area contributed by atoms with E-state index in [1.54, 1.807) is 7.11 Å². The van der Waals surface area contributed by atoms with Gasteiger partial charge in [0.15, 0.2) is 5.82 Å². The minimum atomic E-state index is -0.320. The predicted octanol–water partition coefficient (Wildman–Crippen LogP) is 4.57. The Balaban J connectivity index is 2.07. The van der Waals surface area contributed by atoms with Crippen molar-refractivity contribution in [2.24, 2.45) is 0 Å². The smallest absolute Gasteiger partial charge is 0.336 e. The zero-order chi connectivity index (χ0) is 20.1. The molecule has 28 heavy (non-hydrogen) atoms. The summed E-state index contributed by atoms with van der Waals surface area (Å²) < 4.78 is 12.3. The minimum absolute atomic E-state index is 0.0970. The molecule has 0 fully saturated rings. The van der Waals surface area contributed by atoms with E-state index in [1.807, 2.05) is 75.4 Å². The SMILES string of the molecule is CCC(C(=O)n1nc(OC(C)C)nc1-c1cccc(OC)c1)c1ccccc1. The average molecular weight is 379 g/mol. The second-order valence-electron chi connectivity index (χ2n) is 6.74. The van der Waals surface area contributed by atoms with Crippen LogP contribution >= 0.6 is 0 Å². The Morgan fingerprint density at radius 2 is 1.86 bits per heavy atom. The molecule has 0 aliphatic rings. The van der Waals surface area contributed by atoms with Gasteiger partial charge in [-0.3, -0.25) is 4.79 Å². The van der Waals surface area contributed by atoms with E-state index in [4.69, 9.17) is 9.47 Å². The summed E-state index contributed by atoms with van der Waals surface area (Å²) in [4.78, 5) is 17.9. The van der Waals surface area contributed by atoms with Gasteiger partial charge in [0, 0.05) is 5.56 Å². The number of methoxy groups -OCH3 is 1. The molecule has 0 N–H and O–H groups in total. The first kappa shape index (κ1) is 19.6. The van der Waals surface area contributed by atoms with Gasteiger partial charge in [0.1, 0.15) is 5.75 Å². The van der Waals surface area contributed by atoms with Gasteiger partial charge in [-0.1, -0.05) is 49.4 Å². The van der Waals surface area contributed by atoms with Crippen molar-refractivity contribution in [2.45, 2.75) is 39.2 Å². The molecule has 3 aromatic rings. The third-order valence-corrected chi connectivity index (χ3v) is 4.37. The van der Waals surface area contributed by atoms with Crippen LogP contribution in [0.2, 0.25) is 0 Å². The highest BCUT2D eigenvalue weighted by atomic mass is 16.5. The largest absolute Gasteiger partial charge is 0.497 e. The molecule has 0 spiro atoms. The number of carbonyl (C=O) groups excluding carboxylic acids is 1. The second-order valence-corrected chi connectivity index (χ2v) is 6.74. The molecule has 1 atom stereocenters. The molecular formula is C22H25N3O3. The lowest BCUT2D eigenvalue weighted by Crippen LogP contribution is -2.22. The van der Waals surface area contributed by atoms with Gasteiger partial charge >= 0.3 is 6.01 Å². The Morgan fingerprint density at radius 3 is 2.50 bits per heavy atom. The number of hydrogen-bond acceptors (Lipinski definition) is 5. The van der Waals surface area contributed by atoms with Crippen molar-refractivity contribution in [3.8, 4) is 23.1 Å². The summed E-state index contributed by atoms with van der Waals surface area (Å²) >= 11 is 0. The van der Waals surface area contributed by atoms with Crippen LogP contribution in [0, 0.1) is 0 Å². The maximum Gasteiger partial charge on any atom is 0.336 e. The zero-order valence-corrected chi connectivity index (χ0v) is 16.6. The quantitative estimate of drug-likeness (QED) is 0.601. The van der Waals surface area contributed by atoms with E-state index in [0.717, 1.165) is 11.1 Å². The Hall–Kier alpha value is -3.15. The van der Waals surface area contributed by atoms with Crippen LogP contribution in [0.4, 0.5) is 0 Å². The van der Waals surface area contributed by atoms with E-state index >= 15 is 0 Å². The van der Waals surface area contributed by atoms with E-state index in [-0.39, 0.29) is 23.9 Å².